The molecule has 2 rings (SSSR count). The third-order valence-electron chi connectivity index (χ3n) is 3.09. The molecule has 0 unspecified atom stereocenters. The van der Waals surface area contributed by atoms with Gasteiger partial charge in [-0.05, 0) is 50.6 Å². The summed E-state index contributed by atoms with van der Waals surface area (Å²) in [5.41, 5.74) is 4.67. The van der Waals surface area contributed by atoms with Crippen LogP contribution in [0.2, 0.25) is 0 Å². The van der Waals surface area contributed by atoms with Gasteiger partial charge in [-0.15, -0.1) is 0 Å². The zero-order valence-corrected chi connectivity index (χ0v) is 12.7. The molecule has 110 valence electrons. The van der Waals surface area contributed by atoms with Crippen molar-refractivity contribution in [1.82, 2.24) is 15.4 Å². The van der Waals surface area contributed by atoms with Gasteiger partial charge in [0.15, 0.2) is 0 Å². The molecule has 0 fully saturated rings. The quantitative estimate of drug-likeness (QED) is 0.877. The van der Waals surface area contributed by atoms with E-state index < -0.39 is 0 Å². The van der Waals surface area contributed by atoms with Crippen LogP contribution in [0, 0.1) is 0 Å². The molecule has 1 amide bonds. The van der Waals surface area contributed by atoms with E-state index in [-0.39, 0.29) is 11.4 Å². The molecular formula is C17H21N3O. The maximum absolute atomic E-state index is 12.7. The van der Waals surface area contributed by atoms with Gasteiger partial charge in [0, 0.05) is 24.5 Å². The standard InChI is InChI=1S/C17H21N3O/c1-17(2,3)20(16(21)15-7-5-4-6-8-15)19-13-14-9-11-18-12-10-14/h4-12,19H,13H2,1-3H3. The maximum atomic E-state index is 12.7. The highest BCUT2D eigenvalue weighted by Crippen LogP contribution is 2.15. The number of hydrazine groups is 1. The lowest BCUT2D eigenvalue weighted by Gasteiger charge is -2.36. The molecular weight excluding hydrogens is 262 g/mol. The van der Waals surface area contributed by atoms with Crippen molar-refractivity contribution in [2.45, 2.75) is 32.9 Å². The van der Waals surface area contributed by atoms with Gasteiger partial charge in [-0.2, -0.15) is 0 Å². The number of hydrogen-bond acceptors (Lipinski definition) is 3. The average molecular weight is 283 g/mol. The normalized spacial score (nSPS) is 11.2. The largest absolute Gasteiger partial charge is 0.268 e. The highest BCUT2D eigenvalue weighted by Gasteiger charge is 2.27. The van der Waals surface area contributed by atoms with Crippen LogP contribution in [0.5, 0.6) is 0 Å². The summed E-state index contributed by atoms with van der Waals surface area (Å²) < 4.78 is 0. The average Bonchev–Trinajstić information content (AvgIpc) is 2.48. The minimum atomic E-state index is -0.319. The van der Waals surface area contributed by atoms with Crippen molar-refractivity contribution in [3.05, 3.63) is 66.0 Å². The predicted molar refractivity (Wildman–Crippen MR) is 83.4 cm³/mol. The second-order valence-electron chi connectivity index (χ2n) is 5.87. The first-order valence-corrected chi connectivity index (χ1v) is 7.00. The fourth-order valence-corrected chi connectivity index (χ4v) is 1.99. The van der Waals surface area contributed by atoms with Crippen molar-refractivity contribution in [3.63, 3.8) is 0 Å². The second-order valence-corrected chi connectivity index (χ2v) is 5.87. The van der Waals surface area contributed by atoms with Crippen LogP contribution in [0.15, 0.2) is 54.9 Å². The number of pyridine rings is 1. The lowest BCUT2D eigenvalue weighted by Crippen LogP contribution is -2.53. The van der Waals surface area contributed by atoms with Gasteiger partial charge >= 0.3 is 0 Å². The van der Waals surface area contributed by atoms with E-state index in [4.69, 9.17) is 0 Å². The molecule has 1 heterocycles. The first kappa shape index (κ1) is 15.2. The van der Waals surface area contributed by atoms with Gasteiger partial charge in [0.2, 0.25) is 0 Å². The first-order valence-electron chi connectivity index (χ1n) is 7.00. The number of rotatable bonds is 4. The molecule has 4 nitrogen and oxygen atoms in total. The molecule has 1 aromatic heterocycles. The summed E-state index contributed by atoms with van der Waals surface area (Å²) in [4.78, 5) is 16.7. The number of aromatic nitrogens is 1. The fraction of sp³-hybridized carbons (Fsp3) is 0.294. The molecule has 0 radical (unpaired) electrons. The van der Waals surface area contributed by atoms with Gasteiger partial charge in [0.1, 0.15) is 0 Å². The number of carbonyl (C=O) groups is 1. The summed E-state index contributed by atoms with van der Waals surface area (Å²) in [6.45, 7) is 6.60. The Morgan fingerprint density at radius 3 is 2.29 bits per heavy atom. The van der Waals surface area contributed by atoms with Crippen molar-refractivity contribution in [2.75, 3.05) is 0 Å². The fourth-order valence-electron chi connectivity index (χ4n) is 1.99. The van der Waals surface area contributed by atoms with Crippen LogP contribution in [-0.4, -0.2) is 21.4 Å². The molecule has 4 heteroatoms. The van der Waals surface area contributed by atoms with Crippen molar-refractivity contribution >= 4 is 5.91 Å². The van der Waals surface area contributed by atoms with E-state index in [1.54, 1.807) is 17.4 Å². The van der Waals surface area contributed by atoms with Gasteiger partial charge in [-0.25, -0.2) is 5.43 Å². The lowest BCUT2D eigenvalue weighted by molar-refractivity contribution is 0.0390. The molecule has 0 aliphatic rings. The van der Waals surface area contributed by atoms with Crippen LogP contribution in [0.3, 0.4) is 0 Å². The van der Waals surface area contributed by atoms with E-state index in [1.807, 2.05) is 63.2 Å². The summed E-state index contributed by atoms with van der Waals surface area (Å²) in [6.07, 6.45) is 3.49. The molecule has 1 N–H and O–H groups in total. The Balaban J connectivity index is 2.14. The molecule has 0 saturated heterocycles. The van der Waals surface area contributed by atoms with Crippen molar-refractivity contribution in [2.24, 2.45) is 0 Å². The summed E-state index contributed by atoms with van der Waals surface area (Å²) in [5.74, 6) is -0.0304. The molecule has 0 bridgehead atoms. The van der Waals surface area contributed by atoms with E-state index >= 15 is 0 Å². The summed E-state index contributed by atoms with van der Waals surface area (Å²) >= 11 is 0. The molecule has 21 heavy (non-hydrogen) atoms. The molecule has 2 aromatic rings. The van der Waals surface area contributed by atoms with Crippen molar-refractivity contribution in [1.29, 1.82) is 0 Å². The number of nitrogens with one attached hydrogen (secondary N) is 1. The Labute approximate surface area is 125 Å². The Hall–Kier alpha value is -2.20. The Kier molecular flexibility index (Phi) is 4.70. The zero-order valence-electron chi connectivity index (χ0n) is 12.7. The molecule has 0 aliphatic carbocycles. The van der Waals surface area contributed by atoms with Gasteiger partial charge in [0.25, 0.3) is 5.91 Å². The third-order valence-corrected chi connectivity index (χ3v) is 3.09. The molecule has 0 aliphatic heterocycles. The highest BCUT2D eigenvalue weighted by molar-refractivity contribution is 5.94. The molecule has 0 atom stereocenters. The number of amides is 1. The van der Waals surface area contributed by atoms with E-state index in [0.29, 0.717) is 12.1 Å². The van der Waals surface area contributed by atoms with E-state index in [1.165, 1.54) is 0 Å². The minimum absolute atomic E-state index is 0.0304. The third kappa shape index (κ3) is 4.13. The van der Waals surface area contributed by atoms with Crippen LogP contribution in [0.1, 0.15) is 36.7 Å². The van der Waals surface area contributed by atoms with Gasteiger partial charge in [-0.3, -0.25) is 14.8 Å². The second kappa shape index (κ2) is 6.50. The van der Waals surface area contributed by atoms with Crippen LogP contribution >= 0.6 is 0 Å². The van der Waals surface area contributed by atoms with Gasteiger partial charge < -0.3 is 0 Å². The predicted octanol–water partition coefficient (Wildman–Crippen LogP) is 3.03. The Bertz CT molecular complexity index is 576. The van der Waals surface area contributed by atoms with Crippen LogP contribution < -0.4 is 5.43 Å². The number of carbonyl (C=O) groups excluding carboxylic acids is 1. The monoisotopic (exact) mass is 283 g/mol. The number of benzene rings is 1. The number of hydrogen-bond donors (Lipinski definition) is 1. The smallest absolute Gasteiger partial charge is 0.268 e. The Morgan fingerprint density at radius 2 is 1.71 bits per heavy atom. The maximum Gasteiger partial charge on any atom is 0.268 e. The van der Waals surface area contributed by atoms with Gasteiger partial charge in [0.05, 0.1) is 5.54 Å². The van der Waals surface area contributed by atoms with E-state index in [9.17, 15) is 4.79 Å². The SMILES string of the molecule is CC(C)(C)N(NCc1ccncc1)C(=O)c1ccccc1. The summed E-state index contributed by atoms with van der Waals surface area (Å²) in [5, 5.41) is 1.68. The highest BCUT2D eigenvalue weighted by atomic mass is 16.2. The van der Waals surface area contributed by atoms with Crippen molar-refractivity contribution in [3.8, 4) is 0 Å². The molecule has 0 spiro atoms. The zero-order chi connectivity index (χ0) is 15.3. The lowest BCUT2D eigenvalue weighted by atomic mass is 10.1. The summed E-state index contributed by atoms with van der Waals surface area (Å²) in [6, 6.07) is 13.2. The topological polar surface area (TPSA) is 45.2 Å². The van der Waals surface area contributed by atoms with Gasteiger partial charge in [-0.1, -0.05) is 18.2 Å². The molecule has 0 saturated carbocycles. The number of nitrogens with zero attached hydrogens (tertiary/aromatic N) is 2. The van der Waals surface area contributed by atoms with Crippen molar-refractivity contribution < 1.29 is 4.79 Å². The first-order chi connectivity index (χ1) is 9.98. The van der Waals surface area contributed by atoms with E-state index in [0.717, 1.165) is 5.56 Å². The van der Waals surface area contributed by atoms with Crippen LogP contribution in [0.25, 0.3) is 0 Å². The van der Waals surface area contributed by atoms with Crippen LogP contribution in [0.4, 0.5) is 0 Å². The summed E-state index contributed by atoms with van der Waals surface area (Å²) in [7, 11) is 0. The Morgan fingerprint density at radius 1 is 1.10 bits per heavy atom. The van der Waals surface area contributed by atoms with E-state index in [2.05, 4.69) is 10.4 Å². The van der Waals surface area contributed by atoms with Crippen LogP contribution in [-0.2, 0) is 6.54 Å². The molecule has 1 aromatic carbocycles. The minimum Gasteiger partial charge on any atom is -0.268 e.